The quantitative estimate of drug-likeness (QED) is 0.204. The van der Waals surface area contributed by atoms with E-state index in [9.17, 15) is 24.0 Å². The molecule has 0 aromatic heterocycles. The van der Waals surface area contributed by atoms with Crippen LogP contribution in [0.2, 0.25) is 10.0 Å². The predicted molar refractivity (Wildman–Crippen MR) is 159 cm³/mol. The van der Waals surface area contributed by atoms with Crippen LogP contribution in [0.5, 0.6) is 0 Å². The summed E-state index contributed by atoms with van der Waals surface area (Å²) in [6.45, 7) is 3.72. The Morgan fingerprint density at radius 1 is 1.02 bits per heavy atom. The lowest BCUT2D eigenvalue weighted by Crippen LogP contribution is -2.44. The molecule has 218 valence electrons. The molecule has 1 N–H and O–H groups in total. The largest absolute Gasteiger partial charge is 0.461 e. The van der Waals surface area contributed by atoms with Crippen LogP contribution in [0, 0.1) is 0 Å². The Kier molecular flexibility index (Phi) is 9.65. The fourth-order valence-electron chi connectivity index (χ4n) is 4.61. The fourth-order valence-corrected chi connectivity index (χ4v) is 5.18. The zero-order valence-electron chi connectivity index (χ0n) is 23.2. The standard InChI is InChI=1S/C31H29Cl2N3O6/c1-18(2)42-31(41)26(34-29(39)28-24(32)5-4-6-25(28)33)14-19-8-11-22(12-9-19)36-27(38)15-21-10-7-20(16-35(3)17-37)13-23(21)30(36)40/h4-13,17-18,26H,14-16H2,1-3H3,(H,34,39)/t26-/m0/s1. The van der Waals surface area contributed by atoms with E-state index in [1.165, 1.54) is 17.0 Å². The van der Waals surface area contributed by atoms with Crippen LogP contribution in [0.4, 0.5) is 5.69 Å². The van der Waals surface area contributed by atoms with Gasteiger partial charge in [-0.1, -0.05) is 53.5 Å². The maximum Gasteiger partial charge on any atom is 0.329 e. The monoisotopic (exact) mass is 609 g/mol. The van der Waals surface area contributed by atoms with Crippen molar-refractivity contribution >= 4 is 59.0 Å². The Labute approximate surface area is 253 Å². The summed E-state index contributed by atoms with van der Waals surface area (Å²) in [4.78, 5) is 65.9. The molecule has 1 aliphatic rings. The number of benzene rings is 3. The Morgan fingerprint density at radius 3 is 2.29 bits per heavy atom. The average Bonchev–Trinajstić information content (AvgIpc) is 2.93. The third-order valence-corrected chi connectivity index (χ3v) is 7.21. The van der Waals surface area contributed by atoms with Gasteiger partial charge >= 0.3 is 5.97 Å². The molecule has 42 heavy (non-hydrogen) atoms. The normalized spacial score (nSPS) is 13.4. The molecule has 9 nitrogen and oxygen atoms in total. The van der Waals surface area contributed by atoms with Gasteiger partial charge in [-0.3, -0.25) is 19.2 Å². The molecule has 0 aliphatic carbocycles. The molecule has 3 aromatic carbocycles. The lowest BCUT2D eigenvalue weighted by atomic mass is 9.95. The lowest BCUT2D eigenvalue weighted by molar-refractivity contribution is -0.149. The molecule has 3 aromatic rings. The van der Waals surface area contributed by atoms with E-state index in [-0.39, 0.29) is 34.4 Å². The van der Waals surface area contributed by atoms with E-state index in [1.54, 1.807) is 69.4 Å². The summed E-state index contributed by atoms with van der Waals surface area (Å²) in [5, 5.41) is 2.95. The van der Waals surface area contributed by atoms with E-state index in [0.29, 0.717) is 35.3 Å². The van der Waals surface area contributed by atoms with Crippen molar-refractivity contribution in [2.45, 2.75) is 45.4 Å². The third kappa shape index (κ3) is 6.98. The Balaban J connectivity index is 1.55. The van der Waals surface area contributed by atoms with Gasteiger partial charge in [-0.05, 0) is 60.9 Å². The number of nitrogens with one attached hydrogen (secondary N) is 1. The van der Waals surface area contributed by atoms with Gasteiger partial charge in [-0.15, -0.1) is 0 Å². The van der Waals surface area contributed by atoms with E-state index in [0.717, 1.165) is 10.5 Å². The maximum absolute atomic E-state index is 13.4. The van der Waals surface area contributed by atoms with E-state index >= 15 is 0 Å². The molecule has 1 aliphatic heterocycles. The minimum atomic E-state index is -1.06. The number of imide groups is 1. The summed E-state index contributed by atoms with van der Waals surface area (Å²) < 4.78 is 5.36. The average molecular weight is 610 g/mol. The van der Waals surface area contributed by atoms with Crippen LogP contribution in [0.25, 0.3) is 0 Å². The number of ether oxygens (including phenoxy) is 1. The Bertz CT molecular complexity index is 1520. The zero-order valence-corrected chi connectivity index (χ0v) is 24.7. The molecule has 0 unspecified atom stereocenters. The number of halogens is 2. The second kappa shape index (κ2) is 13.2. The van der Waals surface area contributed by atoms with Crippen LogP contribution in [0.3, 0.4) is 0 Å². The van der Waals surface area contributed by atoms with Crippen LogP contribution in [-0.4, -0.2) is 54.2 Å². The highest BCUT2D eigenvalue weighted by molar-refractivity contribution is 6.39. The SMILES string of the molecule is CC(C)OC(=O)[C@H](Cc1ccc(N2C(=O)Cc3ccc(CN(C)C=O)cc3C2=O)cc1)NC(=O)c1c(Cl)cccc1Cl. The van der Waals surface area contributed by atoms with Crippen LogP contribution >= 0.6 is 23.2 Å². The number of anilines is 1. The van der Waals surface area contributed by atoms with Gasteiger partial charge in [-0.2, -0.15) is 0 Å². The summed E-state index contributed by atoms with van der Waals surface area (Å²) in [7, 11) is 1.64. The Morgan fingerprint density at radius 2 is 1.67 bits per heavy atom. The summed E-state index contributed by atoms with van der Waals surface area (Å²) in [6.07, 6.45) is 0.398. The smallest absolute Gasteiger partial charge is 0.329 e. The Hall–Kier alpha value is -4.21. The molecular weight excluding hydrogens is 581 g/mol. The summed E-state index contributed by atoms with van der Waals surface area (Å²) >= 11 is 12.4. The van der Waals surface area contributed by atoms with Crippen molar-refractivity contribution in [2.75, 3.05) is 11.9 Å². The van der Waals surface area contributed by atoms with Crippen LogP contribution in [-0.2, 0) is 38.5 Å². The van der Waals surface area contributed by atoms with Gasteiger partial charge in [0.1, 0.15) is 6.04 Å². The van der Waals surface area contributed by atoms with Gasteiger partial charge in [-0.25, -0.2) is 9.69 Å². The van der Waals surface area contributed by atoms with E-state index in [4.69, 9.17) is 27.9 Å². The van der Waals surface area contributed by atoms with E-state index in [1.807, 2.05) is 0 Å². The molecule has 4 amide bonds. The number of carbonyl (C=O) groups is 5. The van der Waals surface area contributed by atoms with Crippen LogP contribution < -0.4 is 10.2 Å². The van der Waals surface area contributed by atoms with Gasteiger partial charge in [0.25, 0.3) is 11.8 Å². The van der Waals surface area contributed by atoms with Crippen LogP contribution in [0.15, 0.2) is 60.7 Å². The molecule has 0 spiro atoms. The maximum atomic E-state index is 13.4. The van der Waals surface area contributed by atoms with Crippen molar-refractivity contribution in [3.63, 3.8) is 0 Å². The summed E-state index contributed by atoms with van der Waals surface area (Å²) in [5.41, 5.74) is 2.83. The van der Waals surface area contributed by atoms with Crippen molar-refractivity contribution in [1.82, 2.24) is 10.2 Å². The molecule has 0 saturated heterocycles. The van der Waals surface area contributed by atoms with Crippen molar-refractivity contribution < 1.29 is 28.7 Å². The highest BCUT2D eigenvalue weighted by Gasteiger charge is 2.33. The van der Waals surface area contributed by atoms with Gasteiger partial charge in [0.15, 0.2) is 0 Å². The molecule has 1 heterocycles. The minimum absolute atomic E-state index is 0.0434. The van der Waals surface area contributed by atoms with Crippen molar-refractivity contribution in [3.05, 3.63) is 98.5 Å². The van der Waals surface area contributed by atoms with Gasteiger partial charge in [0, 0.05) is 25.6 Å². The molecular formula is C31H29Cl2N3O6. The number of rotatable bonds is 10. The topological polar surface area (TPSA) is 113 Å². The number of fused-ring (bicyclic) bond motifs is 1. The van der Waals surface area contributed by atoms with Crippen molar-refractivity contribution in [2.24, 2.45) is 0 Å². The molecule has 4 rings (SSSR count). The number of hydrogen-bond donors (Lipinski definition) is 1. The number of hydrogen-bond acceptors (Lipinski definition) is 6. The summed E-state index contributed by atoms with van der Waals surface area (Å²) in [6, 6.07) is 15.4. The number of esters is 1. The summed E-state index contributed by atoms with van der Waals surface area (Å²) in [5.74, 6) is -2.11. The van der Waals surface area contributed by atoms with Crippen LogP contribution in [0.1, 0.15) is 51.3 Å². The van der Waals surface area contributed by atoms with E-state index < -0.39 is 29.9 Å². The van der Waals surface area contributed by atoms with Gasteiger partial charge < -0.3 is 15.0 Å². The molecule has 0 radical (unpaired) electrons. The van der Waals surface area contributed by atoms with Gasteiger partial charge in [0.05, 0.1) is 33.8 Å². The minimum Gasteiger partial charge on any atom is -0.461 e. The molecule has 1 atom stereocenters. The van der Waals surface area contributed by atoms with Gasteiger partial charge in [0.2, 0.25) is 12.3 Å². The number of amides is 4. The third-order valence-electron chi connectivity index (χ3n) is 6.58. The van der Waals surface area contributed by atoms with E-state index in [2.05, 4.69) is 5.32 Å². The molecule has 0 saturated carbocycles. The van der Waals surface area contributed by atoms with Crippen molar-refractivity contribution in [3.8, 4) is 0 Å². The van der Waals surface area contributed by atoms with Crippen molar-refractivity contribution in [1.29, 1.82) is 0 Å². The first kappa shape index (κ1) is 30.7. The second-order valence-corrected chi connectivity index (χ2v) is 11.0. The fraction of sp³-hybridized carbons (Fsp3) is 0.258. The molecule has 11 heteroatoms. The highest BCUT2D eigenvalue weighted by Crippen LogP contribution is 2.28. The molecule has 0 bridgehead atoms. The number of carbonyl (C=O) groups excluding carboxylic acids is 5. The molecule has 0 fully saturated rings. The highest BCUT2D eigenvalue weighted by atomic mass is 35.5. The predicted octanol–water partition coefficient (Wildman–Crippen LogP) is 4.60. The first-order chi connectivity index (χ1) is 20.0. The second-order valence-electron chi connectivity index (χ2n) is 10.2. The zero-order chi connectivity index (χ0) is 30.6. The lowest BCUT2D eigenvalue weighted by Gasteiger charge is -2.27. The first-order valence-electron chi connectivity index (χ1n) is 13.2. The number of nitrogens with zero attached hydrogens (tertiary/aromatic N) is 2. The first-order valence-corrected chi connectivity index (χ1v) is 13.9.